The molecule has 0 aliphatic rings. The van der Waals surface area contributed by atoms with Crippen molar-refractivity contribution in [2.75, 3.05) is 19.8 Å². The van der Waals surface area contributed by atoms with E-state index in [4.69, 9.17) is 18.9 Å². The topological polar surface area (TPSA) is 105 Å². The lowest BCUT2D eigenvalue weighted by Gasteiger charge is -2.29. The van der Waals surface area contributed by atoms with Crippen LogP contribution in [0.25, 0.3) is 0 Å². The first kappa shape index (κ1) is 22.9. The van der Waals surface area contributed by atoms with Gasteiger partial charge in [-0.15, -0.1) is 0 Å². The Bertz CT molecular complexity index is 436. The largest absolute Gasteiger partial charge is 0.466 e. The zero-order valence-corrected chi connectivity index (χ0v) is 15.4. The maximum Gasteiger partial charge on any atom is 0.351 e. The van der Waals surface area contributed by atoms with Gasteiger partial charge < -0.3 is 18.9 Å². The zero-order chi connectivity index (χ0) is 19.3. The van der Waals surface area contributed by atoms with E-state index >= 15 is 0 Å². The predicted octanol–water partition coefficient (Wildman–Crippen LogP) is 1.93. The minimum atomic E-state index is -2.09. The number of rotatable bonds is 12. The molecule has 0 spiro atoms. The highest BCUT2D eigenvalue weighted by molar-refractivity contribution is 5.92. The molecule has 0 aromatic carbocycles. The van der Waals surface area contributed by atoms with Crippen LogP contribution in [-0.2, 0) is 38.1 Å². The van der Waals surface area contributed by atoms with Gasteiger partial charge in [-0.3, -0.25) is 14.4 Å². The third-order valence-electron chi connectivity index (χ3n) is 2.94. The molecule has 0 N–H and O–H groups in total. The monoisotopic (exact) mass is 360 g/mol. The van der Waals surface area contributed by atoms with Crippen molar-refractivity contribution in [1.82, 2.24) is 0 Å². The summed E-state index contributed by atoms with van der Waals surface area (Å²) in [5.41, 5.74) is -2.09. The molecule has 0 saturated carbocycles. The minimum absolute atomic E-state index is 0.0653. The first-order chi connectivity index (χ1) is 11.8. The van der Waals surface area contributed by atoms with Crippen LogP contribution in [0.15, 0.2) is 0 Å². The van der Waals surface area contributed by atoms with Gasteiger partial charge in [0.1, 0.15) is 0 Å². The summed E-state index contributed by atoms with van der Waals surface area (Å²) in [5, 5.41) is 0. The average Bonchev–Trinajstić information content (AvgIpc) is 2.54. The quantitative estimate of drug-likeness (QED) is 0.384. The highest BCUT2D eigenvalue weighted by atomic mass is 16.6. The first-order valence-corrected chi connectivity index (χ1v) is 8.49. The van der Waals surface area contributed by atoms with Gasteiger partial charge in [0.2, 0.25) is 5.60 Å². The number of carbonyl (C=O) groups is 4. The molecule has 144 valence electrons. The molecular weight excluding hydrogens is 332 g/mol. The molecule has 0 aliphatic carbocycles. The highest BCUT2D eigenvalue weighted by Crippen LogP contribution is 2.25. The Balaban J connectivity index is 5.46. The van der Waals surface area contributed by atoms with Gasteiger partial charge in [0, 0.05) is 6.92 Å². The molecule has 0 rings (SSSR count). The van der Waals surface area contributed by atoms with E-state index in [0.29, 0.717) is 19.3 Å². The Morgan fingerprint density at radius 1 is 0.720 bits per heavy atom. The van der Waals surface area contributed by atoms with E-state index in [0.717, 1.165) is 6.92 Å². The summed E-state index contributed by atoms with van der Waals surface area (Å²) in [6.45, 7) is 6.85. The van der Waals surface area contributed by atoms with Gasteiger partial charge >= 0.3 is 23.9 Å². The number of hydrogen-bond donors (Lipinski definition) is 0. The van der Waals surface area contributed by atoms with Crippen LogP contribution in [0.3, 0.4) is 0 Å². The molecule has 0 heterocycles. The Morgan fingerprint density at radius 2 is 1.12 bits per heavy atom. The molecule has 25 heavy (non-hydrogen) atoms. The van der Waals surface area contributed by atoms with Gasteiger partial charge in [-0.1, -0.05) is 20.8 Å². The van der Waals surface area contributed by atoms with Crippen LogP contribution in [-0.4, -0.2) is 49.3 Å². The molecule has 0 aromatic heterocycles. The second-order valence-corrected chi connectivity index (χ2v) is 5.52. The van der Waals surface area contributed by atoms with Crippen molar-refractivity contribution in [2.45, 2.75) is 65.4 Å². The molecule has 0 fully saturated rings. The van der Waals surface area contributed by atoms with Crippen LogP contribution >= 0.6 is 0 Å². The van der Waals surface area contributed by atoms with E-state index in [1.165, 1.54) is 0 Å². The third-order valence-corrected chi connectivity index (χ3v) is 2.94. The fourth-order valence-electron chi connectivity index (χ4n) is 1.92. The normalized spacial score (nSPS) is 10.7. The molecule has 0 aliphatic heterocycles. The second-order valence-electron chi connectivity index (χ2n) is 5.52. The van der Waals surface area contributed by atoms with Crippen LogP contribution in [0.1, 0.15) is 59.8 Å². The van der Waals surface area contributed by atoms with E-state index in [1.807, 2.05) is 13.8 Å². The van der Waals surface area contributed by atoms with Gasteiger partial charge in [-0.25, -0.2) is 4.79 Å². The second kappa shape index (κ2) is 12.3. The number of carbonyl (C=O) groups excluding carboxylic acids is 4. The summed E-state index contributed by atoms with van der Waals surface area (Å²) in [4.78, 5) is 48.0. The Morgan fingerprint density at radius 3 is 1.48 bits per heavy atom. The van der Waals surface area contributed by atoms with E-state index in [1.54, 1.807) is 6.92 Å². The van der Waals surface area contributed by atoms with E-state index in [2.05, 4.69) is 0 Å². The number of hydrogen-bond acceptors (Lipinski definition) is 8. The summed E-state index contributed by atoms with van der Waals surface area (Å²) in [6.07, 6.45) is 0.478. The van der Waals surface area contributed by atoms with Crippen molar-refractivity contribution in [3.05, 3.63) is 0 Å². The molecule has 8 nitrogen and oxygen atoms in total. The number of ether oxygens (including phenoxy) is 4. The maximum atomic E-state index is 12.5. The van der Waals surface area contributed by atoms with Gasteiger partial charge in [0.25, 0.3) is 0 Å². The van der Waals surface area contributed by atoms with Crippen LogP contribution < -0.4 is 0 Å². The summed E-state index contributed by atoms with van der Waals surface area (Å²) in [7, 11) is 0. The smallest absolute Gasteiger partial charge is 0.351 e. The molecule has 0 saturated heterocycles. The molecule has 0 bridgehead atoms. The lowest BCUT2D eigenvalue weighted by atomic mass is 9.95. The van der Waals surface area contributed by atoms with Gasteiger partial charge in [0.05, 0.1) is 32.7 Å². The molecular formula is C17H28O8. The fraction of sp³-hybridized carbons (Fsp3) is 0.765. The van der Waals surface area contributed by atoms with E-state index < -0.39 is 42.3 Å². The van der Waals surface area contributed by atoms with Crippen LogP contribution in [0.2, 0.25) is 0 Å². The molecule has 0 unspecified atom stereocenters. The highest BCUT2D eigenvalue weighted by Gasteiger charge is 2.48. The zero-order valence-electron chi connectivity index (χ0n) is 15.4. The summed E-state index contributed by atoms with van der Waals surface area (Å²) in [6, 6.07) is 0. The predicted molar refractivity (Wildman–Crippen MR) is 87.5 cm³/mol. The van der Waals surface area contributed by atoms with Crippen molar-refractivity contribution >= 4 is 23.9 Å². The SMILES string of the molecule is CCCOC(=O)CC(CC(=O)OCCC)(OC(C)=O)C(=O)OCCC. The molecule has 0 atom stereocenters. The Labute approximate surface area is 148 Å². The van der Waals surface area contributed by atoms with Gasteiger partial charge in [-0.05, 0) is 19.3 Å². The van der Waals surface area contributed by atoms with Crippen LogP contribution in [0.4, 0.5) is 0 Å². The standard InChI is InChI=1S/C17H28O8/c1-5-8-22-14(19)11-17(25-13(4)18,16(21)24-10-7-3)12-15(20)23-9-6-2/h5-12H2,1-4H3. The van der Waals surface area contributed by atoms with Gasteiger partial charge in [0.15, 0.2) is 0 Å². The third kappa shape index (κ3) is 9.07. The maximum absolute atomic E-state index is 12.5. The van der Waals surface area contributed by atoms with Crippen LogP contribution in [0.5, 0.6) is 0 Å². The molecule has 0 amide bonds. The lowest BCUT2D eigenvalue weighted by molar-refractivity contribution is -0.190. The molecule has 8 heteroatoms. The minimum Gasteiger partial charge on any atom is -0.466 e. The van der Waals surface area contributed by atoms with Crippen molar-refractivity contribution in [3.63, 3.8) is 0 Å². The summed E-state index contributed by atoms with van der Waals surface area (Å²) >= 11 is 0. The van der Waals surface area contributed by atoms with E-state index in [-0.39, 0.29) is 19.8 Å². The molecule has 0 aromatic rings. The molecule has 0 radical (unpaired) electrons. The van der Waals surface area contributed by atoms with E-state index in [9.17, 15) is 19.2 Å². The summed E-state index contributed by atoms with van der Waals surface area (Å²) < 4.78 is 20.0. The van der Waals surface area contributed by atoms with Crippen molar-refractivity contribution < 1.29 is 38.1 Å². The van der Waals surface area contributed by atoms with Crippen LogP contribution in [0, 0.1) is 0 Å². The number of esters is 4. The lowest BCUT2D eigenvalue weighted by Crippen LogP contribution is -2.48. The van der Waals surface area contributed by atoms with Gasteiger partial charge in [-0.2, -0.15) is 0 Å². The Hall–Kier alpha value is -2.12. The first-order valence-electron chi connectivity index (χ1n) is 8.49. The summed E-state index contributed by atoms with van der Waals surface area (Å²) in [5.74, 6) is -3.31. The van der Waals surface area contributed by atoms with Crippen molar-refractivity contribution in [1.29, 1.82) is 0 Å². The van der Waals surface area contributed by atoms with Crippen molar-refractivity contribution in [3.8, 4) is 0 Å². The van der Waals surface area contributed by atoms with Crippen molar-refractivity contribution in [2.24, 2.45) is 0 Å². The fourth-order valence-corrected chi connectivity index (χ4v) is 1.92. The average molecular weight is 360 g/mol. The Kier molecular flexibility index (Phi) is 11.2.